The van der Waals surface area contributed by atoms with Crippen molar-refractivity contribution in [2.24, 2.45) is 5.90 Å². The van der Waals surface area contributed by atoms with Gasteiger partial charge in [0.15, 0.2) is 0 Å². The average Bonchev–Trinajstić information content (AvgIpc) is 3.31. The van der Waals surface area contributed by atoms with Crippen molar-refractivity contribution in [3.63, 3.8) is 0 Å². The minimum Gasteiger partial charge on any atom is -0.476 e. The van der Waals surface area contributed by atoms with Crippen LogP contribution in [0.3, 0.4) is 0 Å². The van der Waals surface area contributed by atoms with Gasteiger partial charge in [0.2, 0.25) is 11.8 Å². The Labute approximate surface area is 210 Å². The molecule has 11 heteroatoms. The van der Waals surface area contributed by atoms with E-state index in [0.29, 0.717) is 35.8 Å². The number of nitrogens with zero attached hydrogens (tertiary/aromatic N) is 4. The molecule has 2 aromatic heterocycles. The van der Waals surface area contributed by atoms with E-state index >= 15 is 0 Å². The number of ether oxygens (including phenoxy) is 2. The highest BCUT2D eigenvalue weighted by Gasteiger charge is 2.12. The van der Waals surface area contributed by atoms with Crippen molar-refractivity contribution in [1.82, 2.24) is 25.1 Å². The predicted octanol–water partition coefficient (Wildman–Crippen LogP) is 2.86. The number of morpholine rings is 1. The molecule has 1 aliphatic rings. The summed E-state index contributed by atoms with van der Waals surface area (Å²) in [7, 11) is 0. The Bertz CT molecular complexity index is 1160. The second-order valence-corrected chi connectivity index (χ2v) is 8.24. The lowest BCUT2D eigenvalue weighted by molar-refractivity contribution is 0.0320. The highest BCUT2D eigenvalue weighted by molar-refractivity contribution is 5.72. The molecular weight excluding hydrogens is 460 g/mol. The van der Waals surface area contributed by atoms with Crippen LogP contribution in [0.15, 0.2) is 60.9 Å². The maximum absolute atomic E-state index is 5.96. The van der Waals surface area contributed by atoms with E-state index in [-0.39, 0.29) is 6.54 Å². The number of rotatable bonds is 12. The molecule has 1 fully saturated rings. The molecule has 36 heavy (non-hydrogen) atoms. The second kappa shape index (κ2) is 12.7. The molecule has 3 heterocycles. The number of aryl methyl sites for hydroxylation is 1. The first-order valence-corrected chi connectivity index (χ1v) is 11.8. The van der Waals surface area contributed by atoms with Crippen LogP contribution in [0.4, 0.5) is 17.6 Å². The minimum atomic E-state index is 0.252. The molecule has 1 aliphatic heterocycles. The molecule has 0 atom stereocenters. The summed E-state index contributed by atoms with van der Waals surface area (Å²) in [5.74, 6) is 8.04. The summed E-state index contributed by atoms with van der Waals surface area (Å²) in [6, 6.07) is 13.4. The van der Waals surface area contributed by atoms with Gasteiger partial charge in [-0.3, -0.25) is 10.00 Å². The summed E-state index contributed by atoms with van der Waals surface area (Å²) in [6.45, 7) is 10.8. The van der Waals surface area contributed by atoms with Crippen molar-refractivity contribution >= 4 is 23.2 Å². The third-order valence-electron chi connectivity index (χ3n) is 5.48. The molecule has 190 valence electrons. The van der Waals surface area contributed by atoms with Crippen molar-refractivity contribution in [3.05, 3.63) is 72.1 Å². The summed E-state index contributed by atoms with van der Waals surface area (Å²) < 4.78 is 11.4. The van der Waals surface area contributed by atoms with Gasteiger partial charge in [0, 0.05) is 31.8 Å². The van der Waals surface area contributed by atoms with Crippen molar-refractivity contribution in [1.29, 1.82) is 0 Å². The minimum absolute atomic E-state index is 0.252. The Morgan fingerprint density at radius 1 is 1.22 bits per heavy atom. The highest BCUT2D eigenvalue weighted by Crippen LogP contribution is 2.21. The number of aromatic nitrogens is 4. The monoisotopic (exact) mass is 492 g/mol. The molecule has 11 nitrogen and oxygen atoms in total. The molecule has 4 rings (SSSR count). The zero-order valence-corrected chi connectivity index (χ0v) is 20.4. The van der Waals surface area contributed by atoms with Crippen LogP contribution in [-0.2, 0) is 9.57 Å². The fraction of sp³-hybridized carbons (Fsp3) is 0.320. The second-order valence-electron chi connectivity index (χ2n) is 8.24. The first-order chi connectivity index (χ1) is 17.6. The summed E-state index contributed by atoms with van der Waals surface area (Å²) in [4.78, 5) is 16.4. The molecule has 0 radical (unpaired) electrons. The summed E-state index contributed by atoms with van der Waals surface area (Å²) in [6.07, 6.45) is 1.78. The zero-order valence-electron chi connectivity index (χ0n) is 20.4. The van der Waals surface area contributed by atoms with Crippen molar-refractivity contribution in [3.8, 4) is 5.88 Å². The number of aromatic amines is 1. The van der Waals surface area contributed by atoms with Gasteiger partial charge >= 0.3 is 0 Å². The number of nitrogens with one attached hydrogen (secondary N) is 3. The first-order valence-electron chi connectivity index (χ1n) is 11.8. The van der Waals surface area contributed by atoms with Crippen LogP contribution in [0.2, 0.25) is 0 Å². The van der Waals surface area contributed by atoms with Gasteiger partial charge in [-0.25, -0.2) is 0 Å². The molecule has 5 N–H and O–H groups in total. The summed E-state index contributed by atoms with van der Waals surface area (Å²) in [5, 5.41) is 13.4. The highest BCUT2D eigenvalue weighted by atomic mass is 16.6. The molecule has 0 bridgehead atoms. The Kier molecular flexibility index (Phi) is 8.87. The summed E-state index contributed by atoms with van der Waals surface area (Å²) in [5.41, 5.74) is 2.61. The third-order valence-corrected chi connectivity index (χ3v) is 5.48. The molecule has 0 aliphatic carbocycles. The Morgan fingerprint density at radius 3 is 2.75 bits per heavy atom. The van der Waals surface area contributed by atoms with Gasteiger partial charge in [-0.2, -0.15) is 21.0 Å². The van der Waals surface area contributed by atoms with Crippen LogP contribution >= 0.6 is 0 Å². The van der Waals surface area contributed by atoms with Gasteiger partial charge < -0.3 is 24.9 Å². The summed E-state index contributed by atoms with van der Waals surface area (Å²) >= 11 is 0. The maximum atomic E-state index is 5.96. The van der Waals surface area contributed by atoms with E-state index in [1.165, 1.54) is 0 Å². The number of hydrogen-bond acceptors (Lipinski definition) is 10. The van der Waals surface area contributed by atoms with Crippen molar-refractivity contribution in [2.75, 3.05) is 56.6 Å². The Morgan fingerprint density at radius 2 is 2.03 bits per heavy atom. The largest absolute Gasteiger partial charge is 0.476 e. The van der Waals surface area contributed by atoms with Crippen LogP contribution in [0, 0.1) is 6.92 Å². The Balaban J connectivity index is 1.44. The van der Waals surface area contributed by atoms with Gasteiger partial charge in [-0.15, -0.1) is 0 Å². The van der Waals surface area contributed by atoms with E-state index in [4.69, 9.17) is 20.2 Å². The van der Waals surface area contributed by atoms with Gasteiger partial charge in [0.1, 0.15) is 24.0 Å². The average molecular weight is 493 g/mol. The van der Waals surface area contributed by atoms with Crippen LogP contribution in [0.25, 0.3) is 5.57 Å². The molecule has 0 spiro atoms. The molecule has 0 unspecified atom stereocenters. The lowest BCUT2D eigenvalue weighted by Gasteiger charge is -2.26. The van der Waals surface area contributed by atoms with Gasteiger partial charge in [-0.1, -0.05) is 36.9 Å². The number of allylic oxidation sites excluding steroid dienone is 2. The fourth-order valence-electron chi connectivity index (χ4n) is 3.59. The van der Waals surface area contributed by atoms with Crippen LogP contribution in [0.1, 0.15) is 11.3 Å². The molecule has 0 saturated carbocycles. The maximum Gasteiger partial charge on any atom is 0.228 e. The van der Waals surface area contributed by atoms with Crippen molar-refractivity contribution in [2.45, 2.75) is 6.92 Å². The quantitative estimate of drug-likeness (QED) is 0.170. The molecule has 1 aromatic carbocycles. The van der Waals surface area contributed by atoms with E-state index in [0.717, 1.165) is 49.7 Å². The van der Waals surface area contributed by atoms with E-state index in [1.54, 1.807) is 12.1 Å². The van der Waals surface area contributed by atoms with Gasteiger partial charge in [-0.05, 0) is 24.1 Å². The third kappa shape index (κ3) is 7.54. The van der Waals surface area contributed by atoms with Gasteiger partial charge in [0.05, 0.1) is 25.5 Å². The van der Waals surface area contributed by atoms with Gasteiger partial charge in [0.25, 0.3) is 0 Å². The molecule has 0 amide bonds. The van der Waals surface area contributed by atoms with Crippen LogP contribution in [-0.4, -0.2) is 71.1 Å². The van der Waals surface area contributed by atoms with E-state index in [1.807, 2.05) is 43.3 Å². The van der Waals surface area contributed by atoms with Crippen LogP contribution < -0.4 is 21.3 Å². The SMILES string of the molecule is C=C(/C=C(/CNc1nc(Nc2cc(C)n[nH]2)cc(OCCN2CCOCC2)n1)ON)c1ccccc1. The number of H-pyrrole nitrogens is 1. The lowest BCUT2D eigenvalue weighted by atomic mass is 10.1. The predicted molar refractivity (Wildman–Crippen MR) is 139 cm³/mol. The number of hydrogen-bond donors (Lipinski definition) is 4. The number of nitrogens with two attached hydrogens (primary N) is 1. The lowest BCUT2D eigenvalue weighted by Crippen LogP contribution is -2.38. The van der Waals surface area contributed by atoms with Crippen molar-refractivity contribution < 1.29 is 14.3 Å². The topological polar surface area (TPSA) is 135 Å². The molecule has 1 saturated heterocycles. The Hall–Kier alpha value is -3.93. The standard InChI is InChI=1S/C25H32N8O3/c1-18(20-6-4-3-5-7-20)14-21(36-26)17-27-25-29-22(28-23-15-19(2)31-32-23)16-24(30-25)35-13-10-33-8-11-34-12-9-33/h3-7,14-16H,1,8-13,17,26H2,2H3,(H3,27,28,29,30,31,32)/b21-14-. The van der Waals surface area contributed by atoms with E-state index < -0.39 is 0 Å². The fourth-order valence-corrected chi connectivity index (χ4v) is 3.59. The van der Waals surface area contributed by atoms with E-state index in [2.05, 4.69) is 42.3 Å². The zero-order chi connectivity index (χ0) is 25.2. The van der Waals surface area contributed by atoms with E-state index in [9.17, 15) is 0 Å². The first kappa shape index (κ1) is 25.2. The number of benzene rings is 1. The smallest absolute Gasteiger partial charge is 0.228 e. The van der Waals surface area contributed by atoms with Crippen LogP contribution in [0.5, 0.6) is 5.88 Å². The molecular formula is C25H32N8O3. The normalized spacial score (nSPS) is 14.3. The molecule has 3 aromatic rings. The number of anilines is 3.